The summed E-state index contributed by atoms with van der Waals surface area (Å²) in [4.78, 5) is 48.9. The minimum atomic E-state index is -0.798. The molecular formula is C30H34N4O4S. The molecule has 0 saturated carbocycles. The number of carbonyl (C=O) groups excluding carboxylic acids is 3. The van der Waals surface area contributed by atoms with Crippen LogP contribution in [0.5, 0.6) is 0 Å². The van der Waals surface area contributed by atoms with Crippen molar-refractivity contribution >= 4 is 29.1 Å². The SMILES string of the molecule is Cc1cc(-c2scnc2C)ccc1CNC(=O)[C@@H]1C[C@@H](O)CN1C(=O)C(C(C)C)N1Cc2ccccc2C1=O. The molecule has 1 aromatic heterocycles. The fraction of sp³-hybridized carbons (Fsp3) is 0.400. The van der Waals surface area contributed by atoms with Crippen molar-refractivity contribution in [1.29, 1.82) is 0 Å². The third kappa shape index (κ3) is 5.21. The van der Waals surface area contributed by atoms with Gasteiger partial charge in [0.2, 0.25) is 11.8 Å². The molecule has 3 heterocycles. The number of amides is 3. The lowest BCUT2D eigenvalue weighted by Crippen LogP contribution is -2.55. The van der Waals surface area contributed by atoms with E-state index in [1.807, 2.05) is 63.5 Å². The highest BCUT2D eigenvalue weighted by molar-refractivity contribution is 7.13. The summed E-state index contributed by atoms with van der Waals surface area (Å²) in [6.07, 6.45) is -0.633. The van der Waals surface area contributed by atoms with E-state index in [0.29, 0.717) is 18.7 Å². The summed E-state index contributed by atoms with van der Waals surface area (Å²) >= 11 is 1.60. The van der Waals surface area contributed by atoms with Crippen molar-refractivity contribution in [2.24, 2.45) is 5.92 Å². The summed E-state index contributed by atoms with van der Waals surface area (Å²) in [5, 5.41) is 13.4. The van der Waals surface area contributed by atoms with Gasteiger partial charge in [-0.2, -0.15) is 0 Å². The number of aliphatic hydroxyl groups is 1. The molecule has 3 aromatic rings. The first-order chi connectivity index (χ1) is 18.7. The smallest absolute Gasteiger partial charge is 0.255 e. The van der Waals surface area contributed by atoms with E-state index in [2.05, 4.69) is 16.4 Å². The predicted octanol–water partition coefficient (Wildman–Crippen LogP) is 3.69. The molecule has 2 aliphatic heterocycles. The topological polar surface area (TPSA) is 103 Å². The molecule has 204 valence electrons. The molecule has 2 aliphatic rings. The molecule has 3 atom stereocenters. The third-order valence-electron chi connectivity index (χ3n) is 7.74. The van der Waals surface area contributed by atoms with Crippen LogP contribution < -0.4 is 5.32 Å². The van der Waals surface area contributed by atoms with Crippen LogP contribution in [0.25, 0.3) is 10.4 Å². The Morgan fingerprint density at radius 2 is 1.95 bits per heavy atom. The number of aliphatic hydroxyl groups excluding tert-OH is 1. The first-order valence-electron chi connectivity index (χ1n) is 13.3. The Morgan fingerprint density at radius 1 is 1.18 bits per heavy atom. The fourth-order valence-corrected chi connectivity index (χ4v) is 6.47. The Kier molecular flexibility index (Phi) is 7.55. The van der Waals surface area contributed by atoms with Gasteiger partial charge in [0.25, 0.3) is 5.91 Å². The van der Waals surface area contributed by atoms with E-state index >= 15 is 0 Å². The zero-order valence-corrected chi connectivity index (χ0v) is 23.5. The van der Waals surface area contributed by atoms with Gasteiger partial charge in [-0.1, -0.05) is 50.2 Å². The third-order valence-corrected chi connectivity index (χ3v) is 8.72. The van der Waals surface area contributed by atoms with Gasteiger partial charge < -0.3 is 20.2 Å². The van der Waals surface area contributed by atoms with Gasteiger partial charge in [-0.05, 0) is 48.1 Å². The van der Waals surface area contributed by atoms with Gasteiger partial charge in [0.05, 0.1) is 22.2 Å². The molecule has 0 bridgehead atoms. The standard InChI is InChI=1S/C30H34N4O4S/c1-17(2)26(34-14-22-7-5-6-8-24(22)29(34)37)30(38)33-15-23(35)12-25(33)28(36)31-13-21-10-9-20(11-18(21)3)27-19(4)32-16-39-27/h5-11,16-17,23,25-26,35H,12-15H2,1-4H3,(H,31,36)/t23-,25+,26?/m1/s1. The normalized spacial score (nSPS) is 19.5. The van der Waals surface area contributed by atoms with E-state index in [9.17, 15) is 19.5 Å². The first-order valence-corrected chi connectivity index (χ1v) is 14.2. The second-order valence-corrected chi connectivity index (χ2v) is 11.7. The van der Waals surface area contributed by atoms with Crippen molar-refractivity contribution in [3.8, 4) is 10.4 Å². The fourth-order valence-electron chi connectivity index (χ4n) is 5.67. The lowest BCUT2D eigenvalue weighted by molar-refractivity contribution is -0.143. The van der Waals surface area contributed by atoms with E-state index in [4.69, 9.17) is 0 Å². The van der Waals surface area contributed by atoms with Crippen molar-refractivity contribution in [2.45, 2.75) is 65.4 Å². The number of carbonyl (C=O) groups is 3. The van der Waals surface area contributed by atoms with E-state index in [1.165, 1.54) is 4.90 Å². The van der Waals surface area contributed by atoms with Gasteiger partial charge >= 0.3 is 0 Å². The number of thiazole rings is 1. The largest absolute Gasteiger partial charge is 0.391 e. The molecule has 1 fully saturated rings. The Morgan fingerprint density at radius 3 is 2.62 bits per heavy atom. The zero-order valence-electron chi connectivity index (χ0n) is 22.7. The molecule has 0 spiro atoms. The van der Waals surface area contributed by atoms with Gasteiger partial charge in [0.1, 0.15) is 12.1 Å². The number of nitrogens with zero attached hydrogens (tertiary/aromatic N) is 3. The molecule has 1 unspecified atom stereocenters. The van der Waals surface area contributed by atoms with Crippen LogP contribution in [-0.4, -0.2) is 62.3 Å². The Labute approximate surface area is 232 Å². The summed E-state index contributed by atoms with van der Waals surface area (Å²) in [5.74, 6) is -0.949. The van der Waals surface area contributed by atoms with Crippen molar-refractivity contribution in [1.82, 2.24) is 20.1 Å². The molecule has 5 rings (SSSR count). The Bertz CT molecular complexity index is 1420. The van der Waals surface area contributed by atoms with Gasteiger partial charge in [0, 0.05) is 31.6 Å². The van der Waals surface area contributed by atoms with Crippen LogP contribution in [0.4, 0.5) is 0 Å². The van der Waals surface area contributed by atoms with Crippen LogP contribution in [0.3, 0.4) is 0 Å². The second-order valence-electron chi connectivity index (χ2n) is 10.8. The zero-order chi connectivity index (χ0) is 27.8. The number of β-amino-alcohol motifs (C(OH)–C–C–N with tert-alkyl or cyclic N) is 1. The number of aromatic nitrogens is 1. The number of rotatable bonds is 7. The van der Waals surface area contributed by atoms with Crippen LogP contribution in [0.15, 0.2) is 48.0 Å². The molecule has 39 heavy (non-hydrogen) atoms. The molecule has 1 saturated heterocycles. The van der Waals surface area contributed by atoms with E-state index in [-0.39, 0.29) is 36.6 Å². The lowest BCUT2D eigenvalue weighted by Gasteiger charge is -2.35. The summed E-state index contributed by atoms with van der Waals surface area (Å²) in [6, 6.07) is 12.0. The summed E-state index contributed by atoms with van der Waals surface area (Å²) < 4.78 is 0. The average Bonchev–Trinajstić information content (AvgIpc) is 3.60. The number of likely N-dealkylation sites (tertiary alicyclic amines) is 1. The maximum atomic E-state index is 13.9. The molecule has 0 aliphatic carbocycles. The van der Waals surface area contributed by atoms with Crippen LogP contribution in [0, 0.1) is 19.8 Å². The van der Waals surface area contributed by atoms with Crippen LogP contribution >= 0.6 is 11.3 Å². The van der Waals surface area contributed by atoms with E-state index in [1.54, 1.807) is 22.3 Å². The quantitative estimate of drug-likeness (QED) is 0.471. The van der Waals surface area contributed by atoms with Crippen molar-refractivity contribution in [2.75, 3.05) is 6.54 Å². The van der Waals surface area contributed by atoms with Crippen LogP contribution in [0.2, 0.25) is 0 Å². The van der Waals surface area contributed by atoms with Gasteiger partial charge in [-0.25, -0.2) is 4.98 Å². The number of hydrogen-bond acceptors (Lipinski definition) is 6. The Hall–Kier alpha value is -3.56. The van der Waals surface area contributed by atoms with Gasteiger partial charge in [0.15, 0.2) is 0 Å². The van der Waals surface area contributed by atoms with Gasteiger partial charge in [-0.3, -0.25) is 14.4 Å². The summed E-state index contributed by atoms with van der Waals surface area (Å²) in [7, 11) is 0. The number of benzene rings is 2. The highest BCUT2D eigenvalue weighted by Gasteiger charge is 2.45. The van der Waals surface area contributed by atoms with Crippen molar-refractivity contribution in [3.63, 3.8) is 0 Å². The monoisotopic (exact) mass is 546 g/mol. The number of hydrogen-bond donors (Lipinski definition) is 2. The summed E-state index contributed by atoms with van der Waals surface area (Å²) in [6.45, 7) is 8.54. The molecule has 9 heteroatoms. The van der Waals surface area contributed by atoms with Gasteiger partial charge in [-0.15, -0.1) is 11.3 Å². The molecule has 8 nitrogen and oxygen atoms in total. The average molecular weight is 547 g/mol. The van der Waals surface area contributed by atoms with E-state index in [0.717, 1.165) is 32.8 Å². The molecule has 0 radical (unpaired) electrons. The minimum absolute atomic E-state index is 0.0665. The maximum Gasteiger partial charge on any atom is 0.255 e. The van der Waals surface area contributed by atoms with Crippen LogP contribution in [0.1, 0.15) is 53.0 Å². The number of fused-ring (bicyclic) bond motifs is 1. The van der Waals surface area contributed by atoms with Crippen LogP contribution in [-0.2, 0) is 22.7 Å². The minimum Gasteiger partial charge on any atom is -0.391 e. The second kappa shape index (κ2) is 10.9. The predicted molar refractivity (Wildman–Crippen MR) is 150 cm³/mol. The maximum absolute atomic E-state index is 13.9. The van der Waals surface area contributed by atoms with Crippen molar-refractivity contribution in [3.05, 3.63) is 75.9 Å². The Balaban J connectivity index is 1.29. The number of nitrogens with one attached hydrogen (secondary N) is 1. The van der Waals surface area contributed by atoms with E-state index < -0.39 is 18.2 Å². The molecule has 3 amide bonds. The molecule has 2 aromatic carbocycles. The highest BCUT2D eigenvalue weighted by Crippen LogP contribution is 2.31. The summed E-state index contributed by atoms with van der Waals surface area (Å²) in [5.41, 5.74) is 7.45. The highest BCUT2D eigenvalue weighted by atomic mass is 32.1. The van der Waals surface area contributed by atoms with Crippen molar-refractivity contribution < 1.29 is 19.5 Å². The lowest BCUT2D eigenvalue weighted by atomic mass is 10.00. The molecular weight excluding hydrogens is 512 g/mol. The first kappa shape index (κ1) is 27.0. The molecule has 2 N–H and O–H groups in total. The number of aryl methyl sites for hydroxylation is 2.